The minimum atomic E-state index is -0.948. The molecule has 25 nitrogen and oxygen atoms in total. The van der Waals surface area contributed by atoms with E-state index in [0.717, 1.165) is 27.9 Å². The van der Waals surface area contributed by atoms with Crippen LogP contribution in [0.25, 0.3) is 83.0 Å². The molecule has 0 fully saturated rings. The molecule has 15 aromatic rings. The lowest BCUT2D eigenvalue weighted by molar-refractivity contribution is 0.171. The van der Waals surface area contributed by atoms with E-state index in [0.29, 0.717) is 128 Å². The van der Waals surface area contributed by atoms with Crippen molar-refractivity contribution in [3.63, 3.8) is 0 Å². The predicted molar refractivity (Wildman–Crippen MR) is 503 cm³/mol. The number of aromatic hydroxyl groups is 5. The van der Waals surface area contributed by atoms with Crippen LogP contribution in [-0.4, -0.2) is 95.7 Å². The molecule has 642 valence electrons. The van der Waals surface area contributed by atoms with Gasteiger partial charge in [-0.1, -0.05) is 99.8 Å². The number of hydrogen-bond acceptors (Lipinski definition) is 20. The van der Waals surface area contributed by atoms with Crippen LogP contribution in [0.15, 0.2) is 206 Å². The normalized spacial score (nSPS) is 11.5. The van der Waals surface area contributed by atoms with E-state index in [9.17, 15) is 64.8 Å². The second kappa shape index (κ2) is 39.7. The second-order valence-corrected chi connectivity index (χ2v) is 32.1. The summed E-state index contributed by atoms with van der Waals surface area (Å²) in [7, 11) is 1.43. The zero-order chi connectivity index (χ0) is 92.4. The summed E-state index contributed by atoms with van der Waals surface area (Å²) in [5.41, 5.74) is 8.31. The van der Waals surface area contributed by atoms with Crippen molar-refractivity contribution in [1.29, 1.82) is 5.26 Å². The summed E-state index contributed by atoms with van der Waals surface area (Å²) in [6, 6.07) is 52.3. The average molecular weight is 1810 g/mol. The van der Waals surface area contributed by atoms with Gasteiger partial charge in [0.15, 0.2) is 11.5 Å². The number of aliphatic hydroxyl groups is 3. The number of fused-ring (bicyclic) bond motifs is 5. The van der Waals surface area contributed by atoms with Crippen LogP contribution in [0.3, 0.4) is 0 Å². The molecule has 5 heterocycles. The van der Waals surface area contributed by atoms with E-state index in [1.165, 1.54) is 67.1 Å². The Morgan fingerprint density at radius 1 is 0.362 bits per heavy atom. The minimum Gasteiger partial charge on any atom is -0.508 e. The number of benzene rings is 10. The maximum absolute atomic E-state index is 13.3. The lowest BCUT2D eigenvalue weighted by Crippen LogP contribution is -2.25. The lowest BCUT2D eigenvalue weighted by Gasteiger charge is -2.19. The van der Waals surface area contributed by atoms with Crippen LogP contribution in [-0.2, 0) is 6.61 Å². The summed E-state index contributed by atoms with van der Waals surface area (Å²) in [5.74, 6) is 12.9. The summed E-state index contributed by atoms with van der Waals surface area (Å²) >= 11 is 2.01. The summed E-state index contributed by atoms with van der Waals surface area (Å²) < 4.78 is 13.6. The number of aromatic nitrogens is 10. The maximum Gasteiger partial charge on any atom is 0.266 e. The number of methoxy groups -OCH3 is 1. The third kappa shape index (κ3) is 18.9. The van der Waals surface area contributed by atoms with Crippen LogP contribution in [0, 0.1) is 64.3 Å². The van der Waals surface area contributed by atoms with E-state index < -0.39 is 18.8 Å². The first-order chi connectivity index (χ1) is 60.6. The van der Waals surface area contributed by atoms with Gasteiger partial charge in [0.2, 0.25) is 0 Å². The molecule has 127 heavy (non-hydrogen) atoms. The van der Waals surface area contributed by atoms with E-state index in [2.05, 4.69) is 54.7 Å². The molecule has 8 N–H and O–H groups in total. The molecule has 0 saturated carbocycles. The lowest BCUT2D eigenvalue weighted by atomic mass is 10.0. The highest BCUT2D eigenvalue weighted by molar-refractivity contribution is 14.1. The molecule has 0 spiro atoms. The van der Waals surface area contributed by atoms with Crippen molar-refractivity contribution in [3.05, 3.63) is 311 Å². The van der Waals surface area contributed by atoms with E-state index >= 15 is 0 Å². The molecule has 10 aromatic carbocycles. The number of halogens is 1. The van der Waals surface area contributed by atoms with Gasteiger partial charge in [-0.05, 0) is 218 Å². The highest BCUT2D eigenvalue weighted by Crippen LogP contribution is 2.38. The molecule has 0 amide bonds. The molecule has 0 bridgehead atoms. The Kier molecular flexibility index (Phi) is 29.0. The number of phenols is 5. The van der Waals surface area contributed by atoms with E-state index in [1.807, 2.05) is 104 Å². The number of nitriles is 1. The molecule has 0 aliphatic carbocycles. The number of aliphatic hydroxyl groups excluding tert-OH is 3. The van der Waals surface area contributed by atoms with Crippen LogP contribution in [0.5, 0.6) is 34.5 Å². The van der Waals surface area contributed by atoms with Gasteiger partial charge in [0.25, 0.3) is 27.8 Å². The molecule has 0 saturated heterocycles. The Morgan fingerprint density at radius 2 is 0.622 bits per heavy atom. The fourth-order valence-electron chi connectivity index (χ4n) is 14.3. The number of rotatable bonds is 15. The first kappa shape index (κ1) is 92.8. The molecule has 15 rings (SSSR count). The fraction of sp³-hybridized carbons (Fsp3) is 0.218. The second-order valence-electron chi connectivity index (χ2n) is 31.1. The molecule has 2 atom stereocenters. The predicted octanol–water partition coefficient (Wildman–Crippen LogP) is 16.5. The van der Waals surface area contributed by atoms with Gasteiger partial charge in [-0.15, -0.1) is 25.7 Å². The van der Waals surface area contributed by atoms with Crippen molar-refractivity contribution in [2.24, 2.45) is 0 Å². The van der Waals surface area contributed by atoms with Gasteiger partial charge in [-0.25, -0.2) is 24.9 Å². The average Bonchev–Trinajstić information content (AvgIpc) is 0.713. The van der Waals surface area contributed by atoms with E-state index in [-0.39, 0.29) is 103 Å². The quantitative estimate of drug-likeness (QED) is 0.0349. The van der Waals surface area contributed by atoms with Crippen LogP contribution in [0.1, 0.15) is 205 Å². The van der Waals surface area contributed by atoms with Crippen LogP contribution < -0.4 is 32.5 Å². The molecule has 5 aromatic heterocycles. The Morgan fingerprint density at radius 3 is 0.921 bits per heavy atom. The van der Waals surface area contributed by atoms with Crippen molar-refractivity contribution >= 4 is 77.1 Å². The Labute approximate surface area is 745 Å². The zero-order valence-corrected chi connectivity index (χ0v) is 74.1. The Bertz CT molecular complexity index is 7130. The smallest absolute Gasteiger partial charge is 0.266 e. The summed E-state index contributed by atoms with van der Waals surface area (Å²) in [5, 5.41) is 90.9. The number of nitrogens with zero attached hydrogens (tertiary/aromatic N) is 11. The van der Waals surface area contributed by atoms with Gasteiger partial charge in [0.05, 0.1) is 119 Å². The third-order valence-electron chi connectivity index (χ3n) is 20.8. The van der Waals surface area contributed by atoms with Crippen LogP contribution in [0.4, 0.5) is 0 Å². The first-order valence-electron chi connectivity index (χ1n) is 40.5. The largest absolute Gasteiger partial charge is 0.508 e. The standard InChI is InChI=1S/C22H22N2O3.C21H20N2O3.C20H18N2O3.C19H15IN2O2.C19H17N3O3/c1-5-14-7-9-15(10-8-14)24-21(13(3)4)23-20-16(22(24)27)11-12-18(26)19(20)17(25)6-2;1-5-14-6-8-15(9-7-14)23-20(12(2)3)22-19-16(21(23)26)10-11-17(25)18(19)13(4)24;1-4-13-5-7-14(8-6-13)22-19(12(2)3)21-18-15(20(22)25)9-10-17(24)16(18)11-23;1-4-12-5-7-13(8-6-12)22-18(11(2)3)21-17-14(19(22)24)9-10-15(23)16(17)20;1-11(2)18-21-16-14(8-9-15(23)17(16)25-3)19(24)22(18)13-6-4-12(10-20)5-7-13/h1,7-13,17,25-26H,6H2,2-4H3;1,6-13,24-25H,2-4H3;1,5-10,12,23-24H,11H2,2-3H3;1,5-11,23H,2-3H3;4-9,11,23H,1-3H3. The number of ether oxygens (including phenoxy) is 1. The SMILES string of the molecule is C#Cc1ccc(-n2c(C(C)C)nc3c(C(C)O)c(O)ccc3c2=O)cc1.C#Cc1ccc(-n2c(C(C)C)nc3c(C(O)CC)c(O)ccc3c2=O)cc1.C#Cc1ccc(-n2c(C(C)C)nc3c(CO)c(O)ccc3c2=O)cc1.C#Cc1ccc(-n2c(C(C)C)nc3c(I)c(O)ccc3c2=O)cc1.COc1c(O)ccc2c(=O)n(-c3ccc(C#N)cc3)c(C(C)C)nc12. The van der Waals surface area contributed by atoms with Crippen molar-refractivity contribution in [2.75, 3.05) is 7.11 Å². The van der Waals surface area contributed by atoms with Gasteiger partial charge < -0.3 is 45.6 Å². The van der Waals surface area contributed by atoms with Crippen molar-refractivity contribution < 1.29 is 45.6 Å². The van der Waals surface area contributed by atoms with Gasteiger partial charge in [0.1, 0.15) is 57.6 Å². The monoisotopic (exact) mass is 1810 g/mol. The van der Waals surface area contributed by atoms with Gasteiger partial charge >= 0.3 is 0 Å². The zero-order valence-electron chi connectivity index (χ0n) is 71.9. The fourth-order valence-corrected chi connectivity index (χ4v) is 14.9. The minimum absolute atomic E-state index is 0.0348. The Hall–Kier alpha value is -15.0. The van der Waals surface area contributed by atoms with Crippen LogP contribution in [0.2, 0.25) is 0 Å². The van der Waals surface area contributed by atoms with E-state index in [4.69, 9.17) is 35.7 Å². The molecular weight excluding hydrogens is 1720 g/mol. The topological polar surface area (TPSA) is 369 Å². The first-order valence-corrected chi connectivity index (χ1v) is 41.6. The molecule has 2 unspecified atom stereocenters. The van der Waals surface area contributed by atoms with Crippen molar-refractivity contribution in [2.45, 2.75) is 138 Å². The highest BCUT2D eigenvalue weighted by Gasteiger charge is 2.27. The molecule has 0 radical (unpaired) electrons. The van der Waals surface area contributed by atoms with Crippen molar-refractivity contribution in [3.8, 4) is 118 Å². The number of phenolic OH excluding ortho intramolecular Hbond substituents is 4. The maximum atomic E-state index is 13.3. The summed E-state index contributed by atoms with van der Waals surface area (Å²) in [6.45, 7) is 22.4. The number of terminal acetylenes is 4. The molecule has 0 aliphatic rings. The van der Waals surface area contributed by atoms with E-state index in [1.54, 1.807) is 147 Å². The van der Waals surface area contributed by atoms with Crippen molar-refractivity contribution in [1.82, 2.24) is 47.8 Å². The van der Waals surface area contributed by atoms with Gasteiger partial charge in [0, 0.05) is 68.5 Å². The van der Waals surface area contributed by atoms with Crippen LogP contribution >= 0.6 is 22.6 Å². The summed E-state index contributed by atoms with van der Waals surface area (Å²) in [6.07, 6.45) is 20.2. The Balaban J connectivity index is 0.000000154. The molecular formula is C101H92IN11O14. The van der Waals surface area contributed by atoms with Gasteiger partial charge in [-0.2, -0.15) is 5.26 Å². The molecule has 0 aliphatic heterocycles. The molecule has 26 heteroatoms. The van der Waals surface area contributed by atoms with Gasteiger partial charge in [-0.3, -0.25) is 46.8 Å². The highest BCUT2D eigenvalue weighted by atomic mass is 127. The number of hydrogen-bond donors (Lipinski definition) is 8. The summed E-state index contributed by atoms with van der Waals surface area (Å²) in [4.78, 5) is 89.0. The third-order valence-corrected chi connectivity index (χ3v) is 21.9.